The molecule has 1 aromatic heterocycles. The molecule has 1 saturated heterocycles. The maximum Gasteiger partial charge on any atom is 0.416 e. The minimum absolute atomic E-state index is 0.0424. The summed E-state index contributed by atoms with van der Waals surface area (Å²) in [4.78, 5) is 23.2. The van der Waals surface area contributed by atoms with Crippen LogP contribution in [0.15, 0.2) is 47.4 Å². The van der Waals surface area contributed by atoms with Crippen LogP contribution in [0, 0.1) is 13.8 Å². The lowest BCUT2D eigenvalue weighted by Crippen LogP contribution is -2.50. The van der Waals surface area contributed by atoms with Gasteiger partial charge in [0.1, 0.15) is 0 Å². The van der Waals surface area contributed by atoms with Gasteiger partial charge in [-0.15, -0.1) is 0 Å². The monoisotopic (exact) mass is 478 g/mol. The molecule has 1 aliphatic heterocycles. The fraction of sp³-hybridized carbons (Fsp3) is 0.318. The topological polar surface area (TPSA) is 83.5 Å². The molecule has 3 aromatic rings. The number of amides is 1. The van der Waals surface area contributed by atoms with Crippen LogP contribution in [0.5, 0.6) is 0 Å². The van der Waals surface area contributed by atoms with Gasteiger partial charge in [-0.2, -0.15) is 17.5 Å². The zero-order chi connectivity index (χ0) is 24.0. The van der Waals surface area contributed by atoms with E-state index in [1.54, 1.807) is 23.1 Å². The molecule has 0 atom stereocenters. The molecule has 0 unspecified atom stereocenters. The summed E-state index contributed by atoms with van der Waals surface area (Å²) in [5, 5.41) is 0. The van der Waals surface area contributed by atoms with E-state index < -0.39 is 21.8 Å². The van der Waals surface area contributed by atoms with Crippen molar-refractivity contribution in [1.82, 2.24) is 19.2 Å². The third kappa shape index (κ3) is 4.55. The molecule has 2 heterocycles. The molecule has 0 spiro atoms. The molecule has 11 heteroatoms. The third-order valence-corrected chi connectivity index (χ3v) is 7.58. The van der Waals surface area contributed by atoms with Crippen molar-refractivity contribution in [3.63, 3.8) is 0 Å². The molecule has 0 radical (unpaired) electrons. The number of halogens is 3. The number of fused-ring (bicyclic) bond motifs is 1. The lowest BCUT2D eigenvalue weighted by Gasteiger charge is -2.34. The van der Waals surface area contributed by atoms with Crippen molar-refractivity contribution >= 4 is 27.0 Å². The number of aromatic nitrogens is 2. The number of piperazine rings is 1. The molecule has 0 aliphatic carbocycles. The highest BCUT2D eigenvalue weighted by atomic mass is 32.2. The zero-order valence-corrected chi connectivity index (χ0v) is 18.7. The van der Waals surface area contributed by atoms with Gasteiger partial charge in [-0.05, 0) is 56.3 Å². The van der Waals surface area contributed by atoms with Crippen LogP contribution >= 0.6 is 0 Å². The van der Waals surface area contributed by atoms with Crippen LogP contribution in [0.25, 0.3) is 11.0 Å². The summed E-state index contributed by atoms with van der Waals surface area (Å²) in [6.45, 7) is 4.11. The highest BCUT2D eigenvalue weighted by Gasteiger charge is 2.33. The first kappa shape index (κ1) is 23.1. The van der Waals surface area contributed by atoms with E-state index in [2.05, 4.69) is 9.97 Å². The van der Waals surface area contributed by atoms with Gasteiger partial charge in [0.2, 0.25) is 10.0 Å². The second-order valence-electron chi connectivity index (χ2n) is 7.82. The average Bonchev–Trinajstić information content (AvgIpc) is 2.78. The minimum atomic E-state index is -4.54. The number of aryl methyl sites for hydroxylation is 2. The molecule has 0 saturated carbocycles. The molecule has 33 heavy (non-hydrogen) atoms. The second-order valence-corrected chi connectivity index (χ2v) is 9.75. The zero-order valence-electron chi connectivity index (χ0n) is 17.9. The molecule has 0 N–H and O–H groups in total. The molecule has 0 bridgehead atoms. The summed E-state index contributed by atoms with van der Waals surface area (Å²) in [6, 6.07) is 8.47. The van der Waals surface area contributed by atoms with Crippen molar-refractivity contribution in [1.29, 1.82) is 0 Å². The van der Waals surface area contributed by atoms with Crippen LogP contribution in [0.3, 0.4) is 0 Å². The van der Waals surface area contributed by atoms with E-state index in [1.807, 2.05) is 13.8 Å². The van der Waals surface area contributed by atoms with Gasteiger partial charge in [-0.1, -0.05) is 0 Å². The van der Waals surface area contributed by atoms with Crippen molar-refractivity contribution in [3.8, 4) is 0 Å². The maximum absolute atomic E-state index is 13.0. The number of rotatable bonds is 3. The van der Waals surface area contributed by atoms with Crippen molar-refractivity contribution in [3.05, 3.63) is 65.0 Å². The minimum Gasteiger partial charge on any atom is -0.336 e. The summed E-state index contributed by atoms with van der Waals surface area (Å²) >= 11 is 0. The maximum atomic E-state index is 13.0. The summed E-state index contributed by atoms with van der Waals surface area (Å²) in [6.07, 6.45) is -4.54. The Balaban J connectivity index is 1.46. The highest BCUT2D eigenvalue weighted by Crippen LogP contribution is 2.30. The number of sulfonamides is 1. The molecule has 174 valence electrons. The van der Waals surface area contributed by atoms with E-state index in [0.717, 1.165) is 35.7 Å². The number of benzene rings is 2. The highest BCUT2D eigenvalue weighted by molar-refractivity contribution is 7.89. The molecule has 7 nitrogen and oxygen atoms in total. The van der Waals surface area contributed by atoms with Gasteiger partial charge in [-0.25, -0.2) is 18.4 Å². The van der Waals surface area contributed by atoms with E-state index in [0.29, 0.717) is 16.6 Å². The lowest BCUT2D eigenvalue weighted by molar-refractivity contribution is -0.137. The largest absolute Gasteiger partial charge is 0.416 e. The molecule has 4 rings (SSSR count). The number of hydrogen-bond donors (Lipinski definition) is 0. The van der Waals surface area contributed by atoms with Gasteiger partial charge in [0, 0.05) is 31.7 Å². The summed E-state index contributed by atoms with van der Waals surface area (Å²) in [5.41, 5.74) is 2.39. The summed E-state index contributed by atoms with van der Waals surface area (Å²) < 4.78 is 65.1. The quantitative estimate of drug-likeness (QED) is 0.576. The predicted octanol–water partition coefficient (Wildman–Crippen LogP) is 3.41. The number of alkyl halides is 3. The van der Waals surface area contributed by atoms with Crippen molar-refractivity contribution in [2.45, 2.75) is 24.9 Å². The first-order chi connectivity index (χ1) is 15.5. The number of carbonyl (C=O) groups is 1. The SMILES string of the molecule is Cc1nc2ccc(C(=O)N3CCN(S(=O)(=O)c4ccc(C(F)(F)F)cc4)CC3)cc2nc1C. The Hall–Kier alpha value is -3.05. The van der Waals surface area contributed by atoms with Gasteiger partial charge >= 0.3 is 6.18 Å². The molecule has 1 fully saturated rings. The fourth-order valence-corrected chi connectivity index (χ4v) is 5.06. The Kier molecular flexibility index (Phi) is 5.87. The van der Waals surface area contributed by atoms with Gasteiger partial charge in [0.25, 0.3) is 5.91 Å². The van der Waals surface area contributed by atoms with E-state index in [4.69, 9.17) is 0 Å². The van der Waals surface area contributed by atoms with Crippen LogP contribution in [0.1, 0.15) is 27.3 Å². The summed E-state index contributed by atoms with van der Waals surface area (Å²) in [7, 11) is -3.97. The molecular weight excluding hydrogens is 457 g/mol. The van der Waals surface area contributed by atoms with Crippen LogP contribution in [0.2, 0.25) is 0 Å². The Labute approximate surface area is 188 Å². The molecule has 2 aromatic carbocycles. The third-order valence-electron chi connectivity index (χ3n) is 5.67. The smallest absolute Gasteiger partial charge is 0.336 e. The van der Waals surface area contributed by atoms with Crippen LogP contribution < -0.4 is 0 Å². The van der Waals surface area contributed by atoms with E-state index >= 15 is 0 Å². The van der Waals surface area contributed by atoms with Crippen molar-refractivity contribution in [2.75, 3.05) is 26.2 Å². The van der Waals surface area contributed by atoms with Crippen LogP contribution in [0.4, 0.5) is 13.2 Å². The Bertz CT molecular complexity index is 1320. The number of carbonyl (C=O) groups excluding carboxylic acids is 1. The molecule has 1 aliphatic rings. The van der Waals surface area contributed by atoms with E-state index in [1.165, 1.54) is 4.31 Å². The van der Waals surface area contributed by atoms with Gasteiger partial charge < -0.3 is 4.90 Å². The summed E-state index contributed by atoms with van der Waals surface area (Å²) in [5.74, 6) is -0.247. The van der Waals surface area contributed by atoms with Crippen LogP contribution in [-0.4, -0.2) is 59.7 Å². The van der Waals surface area contributed by atoms with Gasteiger partial charge in [0.05, 0.1) is 32.9 Å². The number of hydrogen-bond acceptors (Lipinski definition) is 5. The van der Waals surface area contributed by atoms with Gasteiger partial charge in [-0.3, -0.25) is 4.79 Å². The predicted molar refractivity (Wildman–Crippen MR) is 115 cm³/mol. The van der Waals surface area contributed by atoms with Crippen molar-refractivity contribution < 1.29 is 26.4 Å². The molecule has 1 amide bonds. The van der Waals surface area contributed by atoms with E-state index in [9.17, 15) is 26.4 Å². The first-order valence-corrected chi connectivity index (χ1v) is 11.6. The molecular formula is C22H21F3N4O3S. The number of nitrogens with zero attached hydrogens (tertiary/aromatic N) is 4. The normalized spacial score (nSPS) is 15.7. The Morgan fingerprint density at radius 1 is 0.879 bits per heavy atom. The second kappa shape index (κ2) is 8.38. The Morgan fingerprint density at radius 2 is 1.45 bits per heavy atom. The fourth-order valence-electron chi connectivity index (χ4n) is 3.64. The lowest BCUT2D eigenvalue weighted by atomic mass is 10.1. The average molecular weight is 478 g/mol. The first-order valence-electron chi connectivity index (χ1n) is 10.2. The van der Waals surface area contributed by atoms with Gasteiger partial charge in [0.15, 0.2) is 0 Å². The van der Waals surface area contributed by atoms with Crippen LogP contribution in [-0.2, 0) is 16.2 Å². The Morgan fingerprint density at radius 3 is 2.03 bits per heavy atom. The van der Waals surface area contributed by atoms with E-state index in [-0.39, 0.29) is 37.0 Å². The van der Waals surface area contributed by atoms with Crippen molar-refractivity contribution in [2.24, 2.45) is 0 Å². The standard InChI is InChI=1S/C22H21F3N4O3S/c1-14-15(2)27-20-13-16(3-8-19(20)26-14)21(30)28-9-11-29(12-10-28)33(31,32)18-6-4-17(5-7-18)22(23,24)25/h3-8,13H,9-12H2,1-2H3.